The topological polar surface area (TPSA) is 64.3 Å². The highest BCUT2D eigenvalue weighted by atomic mass is 16.5. The van der Waals surface area contributed by atoms with E-state index in [1.807, 2.05) is 79.1 Å². The van der Waals surface area contributed by atoms with E-state index in [0.29, 0.717) is 18.5 Å². The molecule has 1 heterocycles. The van der Waals surface area contributed by atoms with E-state index in [9.17, 15) is 9.90 Å². The molecule has 0 saturated carbocycles. The van der Waals surface area contributed by atoms with Crippen LogP contribution in [0.2, 0.25) is 0 Å². The zero-order chi connectivity index (χ0) is 20.9. The van der Waals surface area contributed by atoms with Gasteiger partial charge in [0.25, 0.3) is 0 Å². The molecule has 5 heteroatoms. The minimum absolute atomic E-state index is 0.258. The van der Waals surface area contributed by atoms with Crippen molar-refractivity contribution in [3.8, 4) is 11.3 Å². The van der Waals surface area contributed by atoms with E-state index in [4.69, 9.17) is 4.74 Å². The first kappa shape index (κ1) is 20.8. The van der Waals surface area contributed by atoms with Crippen LogP contribution in [0.1, 0.15) is 55.7 Å². The van der Waals surface area contributed by atoms with Gasteiger partial charge in [0.05, 0.1) is 30.3 Å². The molecule has 0 fully saturated rings. The van der Waals surface area contributed by atoms with Gasteiger partial charge >= 0.3 is 5.97 Å². The summed E-state index contributed by atoms with van der Waals surface area (Å²) in [6.07, 6.45) is 2.76. The molecule has 0 saturated heterocycles. The molecule has 3 aromatic rings. The van der Waals surface area contributed by atoms with Gasteiger partial charge in [-0.2, -0.15) is 0 Å². The molecule has 2 aromatic carbocycles. The summed E-state index contributed by atoms with van der Waals surface area (Å²) < 4.78 is 7.17. The molecule has 1 aromatic heterocycles. The highest BCUT2D eigenvalue weighted by Crippen LogP contribution is 2.39. The number of hydrogen-bond acceptors (Lipinski definition) is 4. The normalized spacial score (nSPS) is 12.6. The molecular formula is C24H28N2O3. The van der Waals surface area contributed by atoms with Gasteiger partial charge in [-0.3, -0.25) is 0 Å². The van der Waals surface area contributed by atoms with Gasteiger partial charge in [-0.05, 0) is 25.3 Å². The third-order valence-electron chi connectivity index (χ3n) is 5.44. The number of hydrogen-bond donors (Lipinski definition) is 1. The van der Waals surface area contributed by atoms with Gasteiger partial charge in [-0.25, -0.2) is 9.78 Å². The predicted molar refractivity (Wildman–Crippen MR) is 114 cm³/mol. The Labute approximate surface area is 172 Å². The molecule has 3 rings (SSSR count). The Hall–Kier alpha value is -2.92. The number of carbonyl (C=O) groups excluding carboxylic acids is 1. The zero-order valence-electron chi connectivity index (χ0n) is 17.2. The smallest absolute Gasteiger partial charge is 0.359 e. The first-order valence-electron chi connectivity index (χ1n) is 10.1. The number of carbonyl (C=O) groups is 1. The summed E-state index contributed by atoms with van der Waals surface area (Å²) in [4.78, 5) is 17.1. The summed E-state index contributed by atoms with van der Waals surface area (Å²) in [5.74, 6) is -0.464. The molecule has 0 unspecified atom stereocenters. The van der Waals surface area contributed by atoms with Gasteiger partial charge in [0.15, 0.2) is 5.69 Å². The summed E-state index contributed by atoms with van der Waals surface area (Å²) in [6.45, 7) is 6.00. The Bertz CT molecular complexity index is 931. The van der Waals surface area contributed by atoms with Crippen molar-refractivity contribution < 1.29 is 14.6 Å². The van der Waals surface area contributed by atoms with Crippen LogP contribution in [0.3, 0.4) is 0 Å². The number of benzene rings is 2. The fourth-order valence-electron chi connectivity index (χ4n) is 3.79. The fraction of sp³-hybridized carbons (Fsp3) is 0.333. The maximum atomic E-state index is 12.6. The van der Waals surface area contributed by atoms with Crippen molar-refractivity contribution in [1.82, 2.24) is 9.55 Å². The van der Waals surface area contributed by atoms with Crippen molar-refractivity contribution in [1.29, 1.82) is 0 Å². The average molecular weight is 392 g/mol. The van der Waals surface area contributed by atoms with E-state index in [2.05, 4.69) is 4.98 Å². The Morgan fingerprint density at radius 2 is 1.62 bits per heavy atom. The fourth-order valence-corrected chi connectivity index (χ4v) is 3.79. The van der Waals surface area contributed by atoms with E-state index in [1.165, 1.54) is 0 Å². The van der Waals surface area contributed by atoms with Crippen molar-refractivity contribution in [2.45, 2.75) is 45.3 Å². The van der Waals surface area contributed by atoms with Crippen molar-refractivity contribution in [3.63, 3.8) is 0 Å². The van der Waals surface area contributed by atoms with Crippen molar-refractivity contribution in [2.75, 3.05) is 6.61 Å². The van der Waals surface area contributed by atoms with Crippen LogP contribution in [0.25, 0.3) is 11.3 Å². The number of esters is 1. The van der Waals surface area contributed by atoms with E-state index in [1.54, 1.807) is 13.3 Å². The summed E-state index contributed by atoms with van der Waals surface area (Å²) >= 11 is 0. The lowest BCUT2D eigenvalue weighted by atomic mass is 9.83. The predicted octanol–water partition coefficient (Wildman–Crippen LogP) is 4.87. The number of aromatic nitrogens is 2. The molecule has 152 valence electrons. The van der Waals surface area contributed by atoms with Crippen molar-refractivity contribution >= 4 is 5.97 Å². The first-order valence-corrected chi connectivity index (χ1v) is 10.1. The highest BCUT2D eigenvalue weighted by Gasteiger charge is 2.38. The second-order valence-electron chi connectivity index (χ2n) is 7.06. The highest BCUT2D eigenvalue weighted by molar-refractivity contribution is 5.94. The number of rotatable bonds is 8. The van der Waals surface area contributed by atoms with Crippen molar-refractivity contribution in [2.24, 2.45) is 0 Å². The molecule has 5 nitrogen and oxygen atoms in total. The monoisotopic (exact) mass is 392 g/mol. The molecule has 0 aliphatic rings. The van der Waals surface area contributed by atoms with Crippen LogP contribution in [0, 0.1) is 0 Å². The van der Waals surface area contributed by atoms with Gasteiger partial charge < -0.3 is 14.4 Å². The van der Waals surface area contributed by atoms with Crippen molar-refractivity contribution in [3.05, 3.63) is 78.2 Å². The van der Waals surface area contributed by atoms with Crippen LogP contribution >= 0.6 is 0 Å². The van der Waals surface area contributed by atoms with E-state index >= 15 is 0 Å². The lowest BCUT2D eigenvalue weighted by molar-refractivity contribution is -0.00509. The second-order valence-corrected chi connectivity index (χ2v) is 7.06. The molecular weight excluding hydrogens is 364 g/mol. The Balaban J connectivity index is 2.27. The third kappa shape index (κ3) is 4.10. The first-order chi connectivity index (χ1) is 14.1. The van der Waals surface area contributed by atoms with Crippen LogP contribution in [-0.2, 0) is 4.74 Å². The molecule has 0 aliphatic carbocycles. The van der Waals surface area contributed by atoms with Gasteiger partial charge in [0.2, 0.25) is 0 Å². The molecule has 29 heavy (non-hydrogen) atoms. The largest absolute Gasteiger partial charge is 0.461 e. The van der Waals surface area contributed by atoms with Gasteiger partial charge in [0, 0.05) is 5.56 Å². The van der Waals surface area contributed by atoms with Gasteiger partial charge in [-0.1, -0.05) is 74.5 Å². The standard InChI is InChI=1S/C24H28N2O3/c1-4-24(28,5-2)22(19-15-11-8-12-16-19)26-17-25-20(23(27)29-6-3)21(26)18-13-9-7-10-14-18/h7-17,22,28H,4-6H2,1-3H3/t22-/m0/s1. The Morgan fingerprint density at radius 3 is 2.17 bits per heavy atom. The van der Waals surface area contributed by atoms with Crippen LogP contribution in [0.4, 0.5) is 0 Å². The Morgan fingerprint density at radius 1 is 1.03 bits per heavy atom. The summed E-state index contributed by atoms with van der Waals surface area (Å²) in [5.41, 5.74) is 1.72. The van der Waals surface area contributed by atoms with Crippen LogP contribution in [0.15, 0.2) is 67.0 Å². The summed E-state index contributed by atoms with van der Waals surface area (Å²) in [7, 11) is 0. The average Bonchev–Trinajstić information content (AvgIpc) is 3.20. The SMILES string of the molecule is CCOC(=O)c1ncn([C@@H](c2ccccc2)C(O)(CC)CC)c1-c1ccccc1. The Kier molecular flexibility index (Phi) is 6.49. The second kappa shape index (κ2) is 9.05. The lowest BCUT2D eigenvalue weighted by Gasteiger charge is -2.37. The molecule has 1 atom stereocenters. The van der Waals surface area contributed by atoms with E-state index in [0.717, 1.165) is 11.1 Å². The zero-order valence-corrected chi connectivity index (χ0v) is 17.2. The van der Waals surface area contributed by atoms with Gasteiger partial charge in [-0.15, -0.1) is 0 Å². The van der Waals surface area contributed by atoms with Crippen LogP contribution in [0.5, 0.6) is 0 Å². The summed E-state index contributed by atoms with van der Waals surface area (Å²) in [6, 6.07) is 19.1. The quantitative estimate of drug-likeness (QED) is 0.556. The molecule has 0 aliphatic heterocycles. The molecule has 0 radical (unpaired) electrons. The van der Waals surface area contributed by atoms with Crippen LogP contribution < -0.4 is 0 Å². The number of nitrogens with zero attached hydrogens (tertiary/aromatic N) is 2. The summed E-state index contributed by atoms with van der Waals surface area (Å²) in [5, 5.41) is 11.6. The third-order valence-corrected chi connectivity index (χ3v) is 5.44. The molecule has 0 amide bonds. The molecule has 1 N–H and O–H groups in total. The van der Waals surface area contributed by atoms with Gasteiger partial charge in [0.1, 0.15) is 0 Å². The minimum atomic E-state index is -1.00. The lowest BCUT2D eigenvalue weighted by Crippen LogP contribution is -2.39. The minimum Gasteiger partial charge on any atom is -0.461 e. The molecule has 0 spiro atoms. The number of imidazole rings is 1. The number of ether oxygens (including phenoxy) is 1. The van der Waals surface area contributed by atoms with Crippen LogP contribution in [-0.4, -0.2) is 32.8 Å². The van der Waals surface area contributed by atoms with E-state index < -0.39 is 17.6 Å². The maximum Gasteiger partial charge on any atom is 0.359 e. The molecule has 0 bridgehead atoms. The number of aliphatic hydroxyl groups is 1. The maximum absolute atomic E-state index is 12.6. The van der Waals surface area contributed by atoms with E-state index in [-0.39, 0.29) is 12.3 Å².